The predicted molar refractivity (Wildman–Crippen MR) is 66.8 cm³/mol. The van der Waals surface area contributed by atoms with Crippen LogP contribution in [0, 0.1) is 17.5 Å². The van der Waals surface area contributed by atoms with Crippen molar-refractivity contribution in [2.75, 3.05) is 0 Å². The van der Waals surface area contributed by atoms with Gasteiger partial charge in [0, 0.05) is 10.8 Å². The van der Waals surface area contributed by atoms with Gasteiger partial charge in [-0.1, -0.05) is 32.0 Å². The lowest BCUT2D eigenvalue weighted by Crippen LogP contribution is -2.30. The van der Waals surface area contributed by atoms with Gasteiger partial charge in [-0.15, -0.1) is 4.39 Å². The second-order valence-electron chi connectivity index (χ2n) is 4.83. The lowest BCUT2D eigenvalue weighted by atomic mass is 9.95. The van der Waals surface area contributed by atoms with Crippen molar-refractivity contribution in [3.63, 3.8) is 0 Å². The van der Waals surface area contributed by atoms with Crippen LogP contribution in [0.1, 0.15) is 25.3 Å². The summed E-state index contributed by atoms with van der Waals surface area (Å²) < 4.78 is 58.1. The Bertz CT molecular complexity index is 693. The first-order valence-corrected chi connectivity index (χ1v) is 6.05. The Balaban J connectivity index is 2.93. The minimum Gasteiger partial charge on any atom is -0.409 e. The first-order valence-electron chi connectivity index (χ1n) is 6.05. The molecule has 0 fully saturated rings. The minimum absolute atomic E-state index is 0.256. The zero-order valence-corrected chi connectivity index (χ0v) is 11.1. The molecule has 3 nitrogen and oxygen atoms in total. The molecule has 0 amide bonds. The van der Waals surface area contributed by atoms with Gasteiger partial charge in [-0.25, -0.2) is 8.78 Å². The van der Waals surface area contributed by atoms with E-state index in [-0.39, 0.29) is 16.7 Å². The number of fused-ring (bicyclic) bond motifs is 1. The van der Waals surface area contributed by atoms with Crippen LogP contribution in [0.4, 0.5) is 17.6 Å². The van der Waals surface area contributed by atoms with Gasteiger partial charge >= 0.3 is 6.23 Å². The van der Waals surface area contributed by atoms with Crippen LogP contribution < -0.4 is 4.74 Å². The fourth-order valence-electron chi connectivity index (χ4n) is 2.14. The van der Waals surface area contributed by atoms with Crippen LogP contribution in [-0.4, -0.2) is 16.4 Å². The van der Waals surface area contributed by atoms with Gasteiger partial charge in [-0.2, -0.15) is 4.39 Å². The molecular weight excluding hydrogens is 292 g/mol. The number of aliphatic hydroxyl groups is 2. The van der Waals surface area contributed by atoms with Gasteiger partial charge < -0.3 is 14.9 Å². The number of hydrogen-bond acceptors (Lipinski definition) is 3. The Morgan fingerprint density at radius 3 is 2.19 bits per heavy atom. The molecule has 2 aromatic carbocycles. The molecule has 0 spiro atoms. The maximum absolute atomic E-state index is 13.8. The number of halogens is 4. The summed E-state index contributed by atoms with van der Waals surface area (Å²) in [5.74, 6) is -6.54. The van der Waals surface area contributed by atoms with Gasteiger partial charge in [0.2, 0.25) is 5.82 Å². The Labute approximate surface area is 117 Å². The van der Waals surface area contributed by atoms with Crippen molar-refractivity contribution in [1.29, 1.82) is 0 Å². The summed E-state index contributed by atoms with van der Waals surface area (Å²) in [6, 6.07) is 4.06. The summed E-state index contributed by atoms with van der Waals surface area (Å²) >= 11 is 0. The monoisotopic (exact) mass is 304 g/mol. The molecule has 0 aliphatic heterocycles. The Hall–Kier alpha value is -1.86. The first kappa shape index (κ1) is 15.5. The van der Waals surface area contributed by atoms with E-state index in [0.29, 0.717) is 5.56 Å². The molecule has 0 bridgehead atoms. The maximum atomic E-state index is 13.8. The van der Waals surface area contributed by atoms with Gasteiger partial charge in [0.25, 0.3) is 0 Å². The van der Waals surface area contributed by atoms with Crippen molar-refractivity contribution in [2.45, 2.75) is 26.0 Å². The molecule has 0 radical (unpaired) electrons. The molecular formula is C14H12F4O3. The van der Waals surface area contributed by atoms with Crippen LogP contribution in [0.25, 0.3) is 10.8 Å². The maximum Gasteiger partial charge on any atom is 0.492 e. The number of hydrogen-bond donors (Lipinski definition) is 2. The zero-order chi connectivity index (χ0) is 15.9. The van der Waals surface area contributed by atoms with Crippen LogP contribution >= 0.6 is 0 Å². The van der Waals surface area contributed by atoms with Crippen LogP contribution in [0.5, 0.6) is 5.75 Å². The average molecular weight is 304 g/mol. The van der Waals surface area contributed by atoms with E-state index in [4.69, 9.17) is 10.2 Å². The summed E-state index contributed by atoms with van der Waals surface area (Å²) in [5.41, 5.74) is 0.338. The standard InChI is InChI=1S/C14H12F4O3/c1-6(2)7-4-3-5-8-9(7)13(21-14(18,19)20)12(17)11(16)10(8)15/h3-6,19-20H,1-2H3. The third-order valence-electron chi connectivity index (χ3n) is 3.00. The molecule has 0 unspecified atom stereocenters. The Morgan fingerprint density at radius 1 is 1.05 bits per heavy atom. The molecule has 21 heavy (non-hydrogen) atoms. The molecule has 0 aromatic heterocycles. The normalized spacial score (nSPS) is 12.2. The smallest absolute Gasteiger partial charge is 0.409 e. The van der Waals surface area contributed by atoms with E-state index in [1.165, 1.54) is 12.1 Å². The van der Waals surface area contributed by atoms with E-state index >= 15 is 0 Å². The van der Waals surface area contributed by atoms with Gasteiger partial charge in [0.15, 0.2) is 17.4 Å². The quantitative estimate of drug-likeness (QED) is 0.519. The third kappa shape index (κ3) is 2.79. The van der Waals surface area contributed by atoms with Crippen LogP contribution in [0.3, 0.4) is 0 Å². The van der Waals surface area contributed by atoms with E-state index < -0.39 is 29.4 Å². The fraction of sp³-hybridized carbons (Fsp3) is 0.286. The van der Waals surface area contributed by atoms with E-state index in [1.807, 2.05) is 0 Å². The average Bonchev–Trinajstić information content (AvgIpc) is 2.39. The molecule has 0 aliphatic carbocycles. The van der Waals surface area contributed by atoms with Crippen molar-refractivity contribution >= 4 is 10.8 Å². The minimum atomic E-state index is -4.22. The number of ether oxygens (including phenoxy) is 1. The second kappa shape index (κ2) is 5.16. The van der Waals surface area contributed by atoms with E-state index in [9.17, 15) is 17.6 Å². The van der Waals surface area contributed by atoms with Gasteiger partial charge in [-0.3, -0.25) is 0 Å². The van der Waals surface area contributed by atoms with Crippen LogP contribution in [-0.2, 0) is 0 Å². The summed E-state index contributed by atoms with van der Waals surface area (Å²) in [6.45, 7) is 3.39. The number of benzene rings is 2. The van der Waals surface area contributed by atoms with Crippen molar-refractivity contribution < 1.29 is 32.5 Å². The van der Waals surface area contributed by atoms with Crippen LogP contribution in [0.2, 0.25) is 0 Å². The number of alkyl halides is 1. The van der Waals surface area contributed by atoms with Crippen molar-refractivity contribution in [2.24, 2.45) is 0 Å². The molecule has 2 N–H and O–H groups in total. The summed E-state index contributed by atoms with van der Waals surface area (Å²) in [6.07, 6.45) is -4.22. The van der Waals surface area contributed by atoms with Crippen molar-refractivity contribution in [3.8, 4) is 5.75 Å². The van der Waals surface area contributed by atoms with Gasteiger partial charge in [-0.05, 0) is 11.5 Å². The van der Waals surface area contributed by atoms with E-state index in [0.717, 1.165) is 6.07 Å². The second-order valence-corrected chi connectivity index (χ2v) is 4.83. The highest BCUT2D eigenvalue weighted by molar-refractivity contribution is 5.92. The van der Waals surface area contributed by atoms with E-state index in [2.05, 4.69) is 4.74 Å². The third-order valence-corrected chi connectivity index (χ3v) is 3.00. The summed E-state index contributed by atoms with van der Waals surface area (Å²) in [5, 5.41) is 16.7. The molecule has 2 rings (SSSR count). The molecule has 0 saturated carbocycles. The highest BCUT2D eigenvalue weighted by Crippen LogP contribution is 2.39. The van der Waals surface area contributed by atoms with Gasteiger partial charge in [0.05, 0.1) is 0 Å². The molecule has 7 heteroatoms. The lowest BCUT2D eigenvalue weighted by molar-refractivity contribution is -0.375. The topological polar surface area (TPSA) is 49.7 Å². The zero-order valence-electron chi connectivity index (χ0n) is 11.1. The largest absolute Gasteiger partial charge is 0.492 e. The van der Waals surface area contributed by atoms with E-state index in [1.54, 1.807) is 13.8 Å². The SMILES string of the molecule is CC(C)c1cccc2c(F)c(F)c(F)c(OC(O)(O)F)c12. The highest BCUT2D eigenvalue weighted by atomic mass is 19.2. The Morgan fingerprint density at radius 2 is 1.67 bits per heavy atom. The lowest BCUT2D eigenvalue weighted by Gasteiger charge is -2.19. The fourth-order valence-corrected chi connectivity index (χ4v) is 2.14. The summed E-state index contributed by atoms with van der Waals surface area (Å²) in [4.78, 5) is 0. The molecule has 0 atom stereocenters. The molecule has 0 heterocycles. The molecule has 114 valence electrons. The number of rotatable bonds is 3. The molecule has 2 aromatic rings. The Kier molecular flexibility index (Phi) is 3.81. The molecule has 0 aliphatic rings. The molecule has 0 saturated heterocycles. The van der Waals surface area contributed by atoms with Gasteiger partial charge in [0.1, 0.15) is 0 Å². The predicted octanol–water partition coefficient (Wildman–Crippen LogP) is 3.32. The van der Waals surface area contributed by atoms with Crippen LogP contribution in [0.15, 0.2) is 18.2 Å². The highest BCUT2D eigenvalue weighted by Gasteiger charge is 2.31. The summed E-state index contributed by atoms with van der Waals surface area (Å²) in [7, 11) is 0. The van der Waals surface area contributed by atoms with Crippen molar-refractivity contribution in [3.05, 3.63) is 41.2 Å². The first-order chi connectivity index (χ1) is 9.63. The van der Waals surface area contributed by atoms with Crippen molar-refractivity contribution in [1.82, 2.24) is 0 Å².